The van der Waals surface area contributed by atoms with Gasteiger partial charge in [0.2, 0.25) is 5.91 Å². The number of primary amides is 1. The molecule has 182 valence electrons. The van der Waals surface area contributed by atoms with E-state index in [1.54, 1.807) is 0 Å². The topological polar surface area (TPSA) is 233 Å². The summed E-state index contributed by atoms with van der Waals surface area (Å²) in [6.07, 6.45) is 8.97. The van der Waals surface area contributed by atoms with E-state index in [2.05, 4.69) is 0 Å². The molecule has 0 unspecified atom stereocenters. The van der Waals surface area contributed by atoms with E-state index < -0.39 is 41.9 Å². The number of carboxylic acids is 3. The van der Waals surface area contributed by atoms with Crippen LogP contribution in [0.4, 0.5) is 0 Å². The van der Waals surface area contributed by atoms with Gasteiger partial charge in [0.25, 0.3) is 0 Å². The van der Waals surface area contributed by atoms with E-state index in [0.29, 0.717) is 0 Å². The maximum absolute atomic E-state index is 10.7. The smallest absolute Gasteiger partial charge is 0.320 e. The zero-order valence-corrected chi connectivity index (χ0v) is 18.5. The van der Waals surface area contributed by atoms with Gasteiger partial charge in [-0.1, -0.05) is 45.4 Å². The van der Waals surface area contributed by atoms with Crippen LogP contribution < -0.4 is 22.9 Å². The Balaban J connectivity index is 0. The van der Waals surface area contributed by atoms with Gasteiger partial charge < -0.3 is 38.3 Å². The van der Waals surface area contributed by atoms with Crippen LogP contribution in [0.25, 0.3) is 0 Å². The molecule has 1 aliphatic carbocycles. The third kappa shape index (κ3) is 18.3. The van der Waals surface area contributed by atoms with E-state index in [1.165, 1.54) is 39.0 Å². The van der Waals surface area contributed by atoms with Crippen LogP contribution in [0.15, 0.2) is 0 Å². The third-order valence-corrected chi connectivity index (χ3v) is 5.06. The Kier molecular flexibility index (Phi) is 17.4. The van der Waals surface area contributed by atoms with Crippen LogP contribution >= 0.6 is 0 Å². The number of carboxylic acid groups (broad SMARTS) is 3. The number of nitrogens with two attached hydrogens (primary N) is 4. The second kappa shape index (κ2) is 17.4. The second-order valence-corrected chi connectivity index (χ2v) is 8.00. The SMILES string of the molecule is C[C@H](CCC1CCCCC1)[C@@H](N)C(=O)O.C[C@H](N)C(=O)O.NC(=O)CC[C@@H](N)C(=O)O. The van der Waals surface area contributed by atoms with Crippen molar-refractivity contribution in [2.45, 2.75) is 89.8 Å². The van der Waals surface area contributed by atoms with Gasteiger partial charge in [-0.15, -0.1) is 0 Å². The standard InChI is InChI=1S/C12H23NO2.C5H10N2O3.C3H7NO2/c1-9(11(13)12(14)15)7-8-10-5-3-2-4-6-10;6-3(5(9)10)1-2-4(7)8;1-2(4)3(5)6/h9-11H,2-8,13H2,1H3,(H,14,15);3H,1-2,6H2,(H2,7,8)(H,9,10);2H,4H2,1H3,(H,5,6)/t9-,11-;3-;2-/m110/s1. The first-order chi connectivity index (χ1) is 14.3. The predicted molar refractivity (Wildman–Crippen MR) is 116 cm³/mol. The molecular weight excluding hydrogens is 408 g/mol. The molecule has 1 rings (SSSR count). The minimum atomic E-state index is -1.11. The third-order valence-electron chi connectivity index (χ3n) is 5.06. The van der Waals surface area contributed by atoms with Crippen LogP contribution in [0.5, 0.6) is 0 Å². The maximum Gasteiger partial charge on any atom is 0.320 e. The lowest BCUT2D eigenvalue weighted by Crippen LogP contribution is -2.36. The summed E-state index contributed by atoms with van der Waals surface area (Å²) in [5.74, 6) is -2.55. The van der Waals surface area contributed by atoms with Crippen molar-refractivity contribution in [1.29, 1.82) is 0 Å². The molecule has 11 nitrogen and oxygen atoms in total. The molecule has 1 fully saturated rings. The molecule has 0 aliphatic heterocycles. The normalized spacial score (nSPS) is 17.5. The van der Waals surface area contributed by atoms with E-state index in [-0.39, 0.29) is 18.8 Å². The van der Waals surface area contributed by atoms with E-state index in [4.69, 9.17) is 38.3 Å². The van der Waals surface area contributed by atoms with Gasteiger partial charge in [0, 0.05) is 6.42 Å². The van der Waals surface area contributed by atoms with Crippen LogP contribution in [0.3, 0.4) is 0 Å². The Morgan fingerprint density at radius 3 is 1.68 bits per heavy atom. The molecule has 0 bridgehead atoms. The quantitative estimate of drug-likeness (QED) is 0.244. The summed E-state index contributed by atoms with van der Waals surface area (Å²) in [7, 11) is 0. The molecular formula is C20H40N4O7. The van der Waals surface area contributed by atoms with Crippen molar-refractivity contribution in [3.8, 4) is 0 Å². The average molecular weight is 449 g/mol. The van der Waals surface area contributed by atoms with E-state index in [9.17, 15) is 19.2 Å². The Morgan fingerprint density at radius 1 is 0.839 bits per heavy atom. The summed E-state index contributed by atoms with van der Waals surface area (Å²) in [5, 5.41) is 24.8. The van der Waals surface area contributed by atoms with Crippen molar-refractivity contribution >= 4 is 23.8 Å². The molecule has 11 N–H and O–H groups in total. The Hall–Kier alpha value is -2.24. The fourth-order valence-electron chi connectivity index (χ4n) is 2.82. The van der Waals surface area contributed by atoms with Gasteiger partial charge >= 0.3 is 17.9 Å². The van der Waals surface area contributed by atoms with Gasteiger partial charge in [-0.2, -0.15) is 0 Å². The number of hydrogen-bond donors (Lipinski definition) is 7. The summed E-state index contributed by atoms with van der Waals surface area (Å²) in [6, 6.07) is -2.40. The molecule has 1 aliphatic rings. The molecule has 0 aromatic heterocycles. The number of amides is 1. The summed E-state index contributed by atoms with van der Waals surface area (Å²) in [6.45, 7) is 3.37. The molecule has 1 saturated carbocycles. The Bertz CT molecular complexity index is 552. The second-order valence-electron chi connectivity index (χ2n) is 8.00. The van der Waals surface area contributed by atoms with Crippen LogP contribution in [0.1, 0.15) is 71.6 Å². The minimum Gasteiger partial charge on any atom is -0.480 e. The fraction of sp³-hybridized carbons (Fsp3) is 0.800. The van der Waals surface area contributed by atoms with Crippen molar-refractivity contribution in [1.82, 2.24) is 0 Å². The zero-order valence-electron chi connectivity index (χ0n) is 18.5. The fourth-order valence-corrected chi connectivity index (χ4v) is 2.82. The van der Waals surface area contributed by atoms with Gasteiger partial charge in [-0.3, -0.25) is 19.2 Å². The van der Waals surface area contributed by atoms with Gasteiger partial charge in [-0.25, -0.2) is 0 Å². The predicted octanol–water partition coefficient (Wildman–Crippen LogP) is 0.477. The molecule has 11 heteroatoms. The number of carbonyl (C=O) groups excluding carboxylic acids is 1. The average Bonchev–Trinajstić information content (AvgIpc) is 2.70. The number of carbonyl (C=O) groups is 4. The lowest BCUT2D eigenvalue weighted by atomic mass is 9.83. The first kappa shape index (κ1) is 30.9. The van der Waals surface area contributed by atoms with Gasteiger partial charge in [0.1, 0.15) is 18.1 Å². The van der Waals surface area contributed by atoms with E-state index >= 15 is 0 Å². The van der Waals surface area contributed by atoms with Crippen molar-refractivity contribution < 1.29 is 34.5 Å². The highest BCUT2D eigenvalue weighted by Gasteiger charge is 2.21. The van der Waals surface area contributed by atoms with Crippen LogP contribution in [0.2, 0.25) is 0 Å². The van der Waals surface area contributed by atoms with Crippen molar-refractivity contribution in [3.63, 3.8) is 0 Å². The highest BCUT2D eigenvalue weighted by atomic mass is 16.4. The molecule has 0 aromatic carbocycles. The molecule has 0 heterocycles. The van der Waals surface area contributed by atoms with E-state index in [1.807, 2.05) is 6.92 Å². The molecule has 0 saturated heterocycles. The van der Waals surface area contributed by atoms with Gasteiger partial charge in [0.05, 0.1) is 0 Å². The first-order valence-electron chi connectivity index (χ1n) is 10.5. The molecule has 31 heavy (non-hydrogen) atoms. The van der Waals surface area contributed by atoms with Crippen molar-refractivity contribution in [2.24, 2.45) is 34.8 Å². The molecule has 0 radical (unpaired) electrons. The summed E-state index contributed by atoms with van der Waals surface area (Å²) in [5.41, 5.74) is 20.2. The largest absolute Gasteiger partial charge is 0.480 e. The highest BCUT2D eigenvalue weighted by molar-refractivity contribution is 5.77. The molecule has 0 spiro atoms. The van der Waals surface area contributed by atoms with E-state index in [0.717, 1.165) is 18.8 Å². The molecule has 4 atom stereocenters. The lowest BCUT2D eigenvalue weighted by molar-refractivity contribution is -0.140. The van der Waals surface area contributed by atoms with Crippen LogP contribution in [-0.4, -0.2) is 57.3 Å². The van der Waals surface area contributed by atoms with Gasteiger partial charge in [-0.05, 0) is 31.6 Å². The lowest BCUT2D eigenvalue weighted by Gasteiger charge is -2.24. The first-order valence-corrected chi connectivity index (χ1v) is 10.5. The highest BCUT2D eigenvalue weighted by Crippen LogP contribution is 2.28. The number of hydrogen-bond acceptors (Lipinski definition) is 7. The van der Waals surface area contributed by atoms with Crippen molar-refractivity contribution in [3.05, 3.63) is 0 Å². The monoisotopic (exact) mass is 448 g/mol. The molecule has 1 amide bonds. The number of rotatable bonds is 10. The van der Waals surface area contributed by atoms with Crippen LogP contribution in [-0.2, 0) is 19.2 Å². The Morgan fingerprint density at radius 2 is 1.32 bits per heavy atom. The maximum atomic E-state index is 10.7. The van der Waals surface area contributed by atoms with Gasteiger partial charge in [0.15, 0.2) is 0 Å². The van der Waals surface area contributed by atoms with Crippen molar-refractivity contribution in [2.75, 3.05) is 0 Å². The minimum absolute atomic E-state index is 0.0213. The molecule has 0 aromatic rings. The van der Waals surface area contributed by atoms with Crippen LogP contribution in [0, 0.1) is 11.8 Å². The zero-order chi connectivity index (χ0) is 24.6. The summed E-state index contributed by atoms with van der Waals surface area (Å²) >= 11 is 0. The summed E-state index contributed by atoms with van der Waals surface area (Å²) < 4.78 is 0. The Labute approximate surface area is 183 Å². The number of aliphatic carboxylic acids is 3. The summed E-state index contributed by atoms with van der Waals surface area (Å²) in [4.78, 5) is 40.4.